The average molecular weight is 414 g/mol. The Morgan fingerprint density at radius 2 is 0.900 bits per heavy atom. The number of carboxylic acid groups (broad SMARTS) is 2. The standard InChI is InChI=1S/C22H22O8/c23-17(11-13-29-19-7-1-15(2-8-19)21(25)26)5-6-18(24)12-14-30-20-9-3-16(4-10-20)22(27)28/h1-4,7-10H,5-6,11-14H2,(H,25,26)(H,27,28). The number of carbonyl (C=O) groups excluding carboxylic acids is 2. The van der Waals surface area contributed by atoms with Crippen LogP contribution in [0.25, 0.3) is 0 Å². The van der Waals surface area contributed by atoms with Crippen molar-refractivity contribution in [2.45, 2.75) is 25.7 Å². The van der Waals surface area contributed by atoms with Gasteiger partial charge in [-0.15, -0.1) is 0 Å². The number of rotatable bonds is 13. The normalized spacial score (nSPS) is 10.3. The Labute approximate surface area is 173 Å². The van der Waals surface area contributed by atoms with Gasteiger partial charge in [-0.2, -0.15) is 0 Å². The predicted octanol–water partition coefficient (Wildman–Crippen LogP) is 3.24. The second kappa shape index (κ2) is 11.4. The van der Waals surface area contributed by atoms with E-state index in [9.17, 15) is 19.2 Å². The van der Waals surface area contributed by atoms with Crippen molar-refractivity contribution in [2.75, 3.05) is 13.2 Å². The average Bonchev–Trinajstić information content (AvgIpc) is 2.73. The van der Waals surface area contributed by atoms with Gasteiger partial charge in [0.25, 0.3) is 0 Å². The van der Waals surface area contributed by atoms with Crippen LogP contribution in [0.1, 0.15) is 46.4 Å². The predicted molar refractivity (Wildman–Crippen MR) is 106 cm³/mol. The Balaban J connectivity index is 1.59. The van der Waals surface area contributed by atoms with Gasteiger partial charge in [0.1, 0.15) is 23.1 Å². The van der Waals surface area contributed by atoms with Crippen molar-refractivity contribution in [3.8, 4) is 11.5 Å². The van der Waals surface area contributed by atoms with Crippen LogP contribution in [0.2, 0.25) is 0 Å². The van der Waals surface area contributed by atoms with Gasteiger partial charge in [-0.3, -0.25) is 9.59 Å². The summed E-state index contributed by atoms with van der Waals surface area (Å²) >= 11 is 0. The summed E-state index contributed by atoms with van der Waals surface area (Å²) in [5, 5.41) is 17.7. The first-order valence-electron chi connectivity index (χ1n) is 9.31. The summed E-state index contributed by atoms with van der Waals surface area (Å²) in [6.45, 7) is 0.295. The summed E-state index contributed by atoms with van der Waals surface area (Å²) in [4.78, 5) is 45.3. The first-order chi connectivity index (χ1) is 14.3. The Hall–Kier alpha value is -3.68. The zero-order chi connectivity index (χ0) is 21.9. The minimum Gasteiger partial charge on any atom is -0.493 e. The maximum Gasteiger partial charge on any atom is 0.335 e. The molecule has 8 nitrogen and oxygen atoms in total. The molecule has 0 aliphatic carbocycles. The molecule has 2 aromatic rings. The van der Waals surface area contributed by atoms with Crippen LogP contribution in [-0.2, 0) is 9.59 Å². The molecule has 0 saturated carbocycles. The van der Waals surface area contributed by atoms with Crippen molar-refractivity contribution in [2.24, 2.45) is 0 Å². The number of ketones is 2. The topological polar surface area (TPSA) is 127 Å². The van der Waals surface area contributed by atoms with Crippen LogP contribution in [0.5, 0.6) is 11.5 Å². The van der Waals surface area contributed by atoms with E-state index in [1.54, 1.807) is 0 Å². The number of hydrogen-bond donors (Lipinski definition) is 2. The molecule has 0 fully saturated rings. The van der Waals surface area contributed by atoms with Crippen LogP contribution in [-0.4, -0.2) is 46.9 Å². The van der Waals surface area contributed by atoms with Gasteiger partial charge < -0.3 is 19.7 Å². The molecule has 0 bridgehead atoms. The van der Waals surface area contributed by atoms with E-state index in [2.05, 4.69) is 0 Å². The van der Waals surface area contributed by atoms with Gasteiger partial charge in [-0.1, -0.05) is 0 Å². The number of Topliss-reactive ketones (excluding diaryl/α,β-unsaturated/α-hetero) is 2. The first kappa shape index (κ1) is 22.6. The minimum atomic E-state index is -1.03. The van der Waals surface area contributed by atoms with E-state index in [1.807, 2.05) is 0 Å². The molecule has 0 spiro atoms. The lowest BCUT2D eigenvalue weighted by molar-refractivity contribution is -0.124. The molecule has 2 N–H and O–H groups in total. The van der Waals surface area contributed by atoms with E-state index in [0.29, 0.717) is 11.5 Å². The largest absolute Gasteiger partial charge is 0.493 e. The van der Waals surface area contributed by atoms with E-state index >= 15 is 0 Å². The molecule has 0 saturated heterocycles. The van der Waals surface area contributed by atoms with Crippen molar-refractivity contribution in [1.29, 1.82) is 0 Å². The van der Waals surface area contributed by atoms with Crippen LogP contribution < -0.4 is 9.47 Å². The maximum atomic E-state index is 11.9. The van der Waals surface area contributed by atoms with E-state index in [0.717, 1.165) is 0 Å². The fourth-order valence-corrected chi connectivity index (χ4v) is 2.48. The van der Waals surface area contributed by atoms with Crippen LogP contribution >= 0.6 is 0 Å². The summed E-state index contributed by atoms with van der Waals surface area (Å²) in [6.07, 6.45) is 0.543. The highest BCUT2D eigenvalue weighted by atomic mass is 16.5. The Kier molecular flexibility index (Phi) is 8.56. The second-order valence-corrected chi connectivity index (χ2v) is 6.43. The molecule has 30 heavy (non-hydrogen) atoms. The molecule has 2 aromatic carbocycles. The smallest absolute Gasteiger partial charge is 0.335 e. The third kappa shape index (κ3) is 7.75. The highest BCUT2D eigenvalue weighted by Crippen LogP contribution is 2.14. The van der Waals surface area contributed by atoms with Crippen molar-refractivity contribution in [1.82, 2.24) is 0 Å². The molecular weight excluding hydrogens is 392 g/mol. The highest BCUT2D eigenvalue weighted by molar-refractivity contribution is 5.88. The van der Waals surface area contributed by atoms with Gasteiger partial charge in [-0.05, 0) is 48.5 Å². The van der Waals surface area contributed by atoms with Gasteiger partial charge in [0.15, 0.2) is 0 Å². The molecule has 158 valence electrons. The van der Waals surface area contributed by atoms with Crippen molar-refractivity contribution >= 4 is 23.5 Å². The lowest BCUT2D eigenvalue weighted by Gasteiger charge is -2.07. The maximum absolute atomic E-state index is 11.9. The van der Waals surface area contributed by atoms with Crippen LogP contribution in [0.15, 0.2) is 48.5 Å². The summed E-state index contributed by atoms with van der Waals surface area (Å²) in [5.74, 6) is -1.31. The zero-order valence-electron chi connectivity index (χ0n) is 16.2. The number of aromatic carboxylic acids is 2. The van der Waals surface area contributed by atoms with Crippen LogP contribution in [0.3, 0.4) is 0 Å². The lowest BCUT2D eigenvalue weighted by atomic mass is 10.1. The highest BCUT2D eigenvalue weighted by Gasteiger charge is 2.09. The number of carbonyl (C=O) groups is 4. The molecule has 0 amide bonds. The summed E-state index contributed by atoms with van der Waals surface area (Å²) in [5.41, 5.74) is 0.302. The number of carboxylic acids is 2. The van der Waals surface area contributed by atoms with E-state index in [-0.39, 0.29) is 61.6 Å². The van der Waals surface area contributed by atoms with E-state index in [1.165, 1.54) is 48.5 Å². The molecule has 8 heteroatoms. The Bertz CT molecular complexity index is 809. The Morgan fingerprint density at radius 3 is 1.20 bits per heavy atom. The number of benzene rings is 2. The third-order valence-electron chi connectivity index (χ3n) is 4.18. The van der Waals surface area contributed by atoms with Gasteiger partial charge >= 0.3 is 11.9 Å². The fourth-order valence-electron chi connectivity index (χ4n) is 2.48. The molecule has 0 atom stereocenters. The monoisotopic (exact) mass is 414 g/mol. The van der Waals surface area contributed by atoms with Gasteiger partial charge in [0.2, 0.25) is 0 Å². The quantitative estimate of drug-likeness (QED) is 0.511. The molecule has 0 aromatic heterocycles. The third-order valence-corrected chi connectivity index (χ3v) is 4.18. The zero-order valence-corrected chi connectivity index (χ0v) is 16.2. The molecule has 0 aliphatic rings. The minimum absolute atomic E-state index is 0.101. The molecule has 0 radical (unpaired) electrons. The first-order valence-corrected chi connectivity index (χ1v) is 9.31. The fraction of sp³-hybridized carbons (Fsp3) is 0.273. The van der Waals surface area contributed by atoms with Gasteiger partial charge in [0.05, 0.1) is 24.3 Å². The van der Waals surface area contributed by atoms with Crippen molar-refractivity contribution in [3.05, 3.63) is 59.7 Å². The summed E-state index contributed by atoms with van der Waals surface area (Å²) < 4.78 is 10.8. The number of ether oxygens (including phenoxy) is 2. The summed E-state index contributed by atoms with van der Waals surface area (Å²) in [7, 11) is 0. The molecule has 2 rings (SSSR count). The van der Waals surface area contributed by atoms with E-state index in [4.69, 9.17) is 19.7 Å². The van der Waals surface area contributed by atoms with Crippen LogP contribution in [0, 0.1) is 0 Å². The molecular formula is C22H22O8. The Morgan fingerprint density at radius 1 is 0.567 bits per heavy atom. The second-order valence-electron chi connectivity index (χ2n) is 6.43. The SMILES string of the molecule is O=C(CCOc1ccc(C(=O)O)cc1)CCC(=O)CCOc1ccc(C(=O)O)cc1. The van der Waals surface area contributed by atoms with Crippen molar-refractivity contribution in [3.63, 3.8) is 0 Å². The lowest BCUT2D eigenvalue weighted by Crippen LogP contribution is -2.11. The van der Waals surface area contributed by atoms with Gasteiger partial charge in [0, 0.05) is 25.7 Å². The summed E-state index contributed by atoms with van der Waals surface area (Å²) in [6, 6.07) is 11.8. The molecule has 0 unspecified atom stereocenters. The van der Waals surface area contributed by atoms with Crippen LogP contribution in [0.4, 0.5) is 0 Å². The van der Waals surface area contributed by atoms with Gasteiger partial charge in [-0.25, -0.2) is 9.59 Å². The number of hydrogen-bond acceptors (Lipinski definition) is 6. The molecule has 0 aliphatic heterocycles. The van der Waals surface area contributed by atoms with Crippen molar-refractivity contribution < 1.29 is 38.9 Å². The molecule has 0 heterocycles. The van der Waals surface area contributed by atoms with E-state index < -0.39 is 11.9 Å².